The number of hydrogen-bond acceptors (Lipinski definition) is 5. The number of rotatable bonds is 8. The Hall–Kier alpha value is -3.48. The van der Waals surface area contributed by atoms with Gasteiger partial charge >= 0.3 is 11.9 Å². The maximum atomic E-state index is 14.5. The molecule has 0 aliphatic heterocycles. The second kappa shape index (κ2) is 10.9. The fourth-order valence-electron chi connectivity index (χ4n) is 3.66. The van der Waals surface area contributed by atoms with Crippen molar-refractivity contribution < 1.29 is 31.8 Å². The van der Waals surface area contributed by atoms with Crippen molar-refractivity contribution in [3.63, 3.8) is 0 Å². The summed E-state index contributed by atoms with van der Waals surface area (Å²) in [6.45, 7) is -0.253. The van der Waals surface area contributed by atoms with Crippen LogP contribution in [0.5, 0.6) is 0 Å². The number of H-pyrrole nitrogens is 1. The highest BCUT2D eigenvalue weighted by Gasteiger charge is 2.35. The van der Waals surface area contributed by atoms with Gasteiger partial charge in [-0.15, -0.1) is 0 Å². The van der Waals surface area contributed by atoms with E-state index < -0.39 is 63.8 Å². The van der Waals surface area contributed by atoms with Gasteiger partial charge in [-0.2, -0.15) is 13.2 Å². The van der Waals surface area contributed by atoms with Gasteiger partial charge in [0.2, 0.25) is 0 Å². The third-order valence-electron chi connectivity index (χ3n) is 5.45. The number of aromatic nitrogens is 2. The van der Waals surface area contributed by atoms with Crippen molar-refractivity contribution in [2.24, 2.45) is 0 Å². The summed E-state index contributed by atoms with van der Waals surface area (Å²) in [5, 5.41) is 9.24. The topological polar surface area (TPSA) is 84.3 Å². The number of alkyl halides is 3. The van der Waals surface area contributed by atoms with E-state index in [1.165, 1.54) is 0 Å². The van der Waals surface area contributed by atoms with Crippen LogP contribution in [-0.2, 0) is 17.5 Å². The minimum atomic E-state index is -4.99. The highest BCUT2D eigenvalue weighted by molar-refractivity contribution is 7.98. The molecule has 1 heterocycles. The summed E-state index contributed by atoms with van der Waals surface area (Å²) >= 11 is 0.791. The SMILES string of the molecule is O=c1[nH]c(=O)n(SCC(CO)OCc2ccccc2)c2cc(-c3ccc(F)cc3F)c(C(F)(F)F)cc12. The average molecular weight is 538 g/mol. The number of aliphatic hydroxyl groups excluding tert-OH is 1. The van der Waals surface area contributed by atoms with Crippen molar-refractivity contribution in [2.45, 2.75) is 18.9 Å². The molecular formula is C25H19F5N2O4S. The molecule has 0 bridgehead atoms. The summed E-state index contributed by atoms with van der Waals surface area (Å²) in [5.41, 5.74) is -3.94. The number of halogens is 5. The Morgan fingerprint density at radius 2 is 1.73 bits per heavy atom. The molecule has 0 spiro atoms. The Balaban J connectivity index is 1.76. The maximum Gasteiger partial charge on any atom is 0.417 e. The lowest BCUT2D eigenvalue weighted by atomic mass is 9.96. The van der Waals surface area contributed by atoms with E-state index in [0.29, 0.717) is 12.1 Å². The van der Waals surface area contributed by atoms with E-state index in [0.717, 1.165) is 39.7 Å². The first-order chi connectivity index (χ1) is 17.6. The molecule has 6 nitrogen and oxygen atoms in total. The predicted molar refractivity (Wildman–Crippen MR) is 129 cm³/mol. The highest BCUT2D eigenvalue weighted by Crippen LogP contribution is 2.40. The van der Waals surface area contributed by atoms with Crippen molar-refractivity contribution in [1.82, 2.24) is 8.96 Å². The van der Waals surface area contributed by atoms with Gasteiger partial charge in [-0.25, -0.2) is 17.5 Å². The number of nitrogens with one attached hydrogen (secondary N) is 1. The first kappa shape index (κ1) is 26.6. The minimum absolute atomic E-state index is 0.00828. The zero-order chi connectivity index (χ0) is 26.7. The molecule has 1 atom stereocenters. The Morgan fingerprint density at radius 1 is 1.00 bits per heavy atom. The fraction of sp³-hybridized carbons (Fsp3) is 0.200. The number of fused-ring (bicyclic) bond motifs is 1. The second-order valence-electron chi connectivity index (χ2n) is 7.99. The molecule has 0 saturated carbocycles. The van der Waals surface area contributed by atoms with Crippen LogP contribution in [0.2, 0.25) is 0 Å². The van der Waals surface area contributed by atoms with Crippen LogP contribution in [0.1, 0.15) is 11.1 Å². The summed E-state index contributed by atoms with van der Waals surface area (Å²) in [6.07, 6.45) is -5.75. The summed E-state index contributed by atoms with van der Waals surface area (Å²) in [6, 6.07) is 12.6. The van der Waals surface area contributed by atoms with Gasteiger partial charge in [0.05, 0.1) is 35.8 Å². The van der Waals surface area contributed by atoms with Gasteiger partial charge in [0.1, 0.15) is 11.6 Å². The van der Waals surface area contributed by atoms with Gasteiger partial charge in [0, 0.05) is 17.4 Å². The van der Waals surface area contributed by atoms with Gasteiger partial charge in [-0.1, -0.05) is 30.3 Å². The molecule has 0 saturated heterocycles. The van der Waals surface area contributed by atoms with E-state index in [4.69, 9.17) is 4.74 Å². The molecule has 3 aromatic carbocycles. The zero-order valence-electron chi connectivity index (χ0n) is 18.9. The molecule has 194 valence electrons. The monoisotopic (exact) mass is 538 g/mol. The van der Waals surface area contributed by atoms with Crippen LogP contribution in [0.4, 0.5) is 22.0 Å². The van der Waals surface area contributed by atoms with E-state index in [1.54, 1.807) is 0 Å². The van der Waals surface area contributed by atoms with Crippen molar-refractivity contribution in [3.05, 3.63) is 104 Å². The van der Waals surface area contributed by atoms with Gasteiger partial charge in [0.15, 0.2) is 0 Å². The van der Waals surface area contributed by atoms with Crippen molar-refractivity contribution >= 4 is 22.9 Å². The van der Waals surface area contributed by atoms with E-state index in [2.05, 4.69) is 0 Å². The van der Waals surface area contributed by atoms with Gasteiger partial charge in [0.25, 0.3) is 5.56 Å². The van der Waals surface area contributed by atoms with Crippen LogP contribution in [0.25, 0.3) is 22.0 Å². The van der Waals surface area contributed by atoms with Crippen LogP contribution in [0.15, 0.2) is 70.3 Å². The van der Waals surface area contributed by atoms with E-state index in [9.17, 15) is 36.6 Å². The van der Waals surface area contributed by atoms with Gasteiger partial charge in [-0.05, 0) is 47.3 Å². The summed E-state index contributed by atoms with van der Waals surface area (Å²) in [5.74, 6) is -2.23. The van der Waals surface area contributed by atoms with Crippen molar-refractivity contribution in [1.29, 1.82) is 0 Å². The van der Waals surface area contributed by atoms with Crippen LogP contribution in [-0.4, -0.2) is 32.5 Å². The number of aliphatic hydroxyl groups is 1. The van der Waals surface area contributed by atoms with Gasteiger partial charge in [-0.3, -0.25) is 9.78 Å². The summed E-state index contributed by atoms with van der Waals surface area (Å²) in [7, 11) is 0. The predicted octanol–water partition coefficient (Wildman–Crippen LogP) is 4.73. The van der Waals surface area contributed by atoms with Crippen molar-refractivity contribution in [3.8, 4) is 11.1 Å². The average Bonchev–Trinajstić information content (AvgIpc) is 2.85. The molecule has 4 rings (SSSR count). The molecule has 0 aliphatic rings. The molecule has 0 radical (unpaired) electrons. The third-order valence-corrected chi connectivity index (χ3v) is 6.59. The number of aromatic amines is 1. The first-order valence-corrected chi connectivity index (χ1v) is 11.8. The number of ether oxygens (including phenoxy) is 1. The molecule has 0 aliphatic carbocycles. The van der Waals surface area contributed by atoms with Crippen LogP contribution in [0, 0.1) is 11.6 Å². The highest BCUT2D eigenvalue weighted by atomic mass is 32.2. The molecule has 0 fully saturated rings. The summed E-state index contributed by atoms with van der Waals surface area (Å²) in [4.78, 5) is 27.0. The lowest BCUT2D eigenvalue weighted by molar-refractivity contribution is -0.137. The molecule has 12 heteroatoms. The molecule has 37 heavy (non-hydrogen) atoms. The Bertz CT molecular complexity index is 1540. The second-order valence-corrected chi connectivity index (χ2v) is 8.94. The van der Waals surface area contributed by atoms with E-state index in [-0.39, 0.29) is 17.9 Å². The largest absolute Gasteiger partial charge is 0.417 e. The third kappa shape index (κ3) is 5.92. The number of nitrogens with zero attached hydrogens (tertiary/aromatic N) is 1. The normalized spacial score (nSPS) is 12.7. The van der Waals surface area contributed by atoms with Crippen LogP contribution < -0.4 is 11.2 Å². The summed E-state index contributed by atoms with van der Waals surface area (Å²) < 4.78 is 76.2. The molecular weight excluding hydrogens is 519 g/mol. The Labute approximate surface area is 210 Å². The van der Waals surface area contributed by atoms with Crippen LogP contribution in [0.3, 0.4) is 0 Å². The number of hydrogen-bond donors (Lipinski definition) is 2. The standard InChI is InChI=1S/C25H19F5N2O4S/c26-15-6-7-17(21(27)8-15)18-10-22-19(9-20(18)25(28,29)30)23(34)31-24(35)32(22)37-13-16(11-33)36-12-14-4-2-1-3-5-14/h1-10,16,33H,11-13H2,(H,31,34,35). The zero-order valence-corrected chi connectivity index (χ0v) is 19.7. The molecule has 1 unspecified atom stereocenters. The molecule has 4 aromatic rings. The van der Waals surface area contributed by atoms with Crippen LogP contribution >= 0.6 is 11.9 Å². The van der Waals surface area contributed by atoms with E-state index in [1.807, 2.05) is 35.3 Å². The van der Waals surface area contributed by atoms with E-state index >= 15 is 0 Å². The smallest absolute Gasteiger partial charge is 0.394 e. The molecule has 1 aromatic heterocycles. The lowest BCUT2D eigenvalue weighted by Gasteiger charge is -2.18. The number of benzene rings is 3. The van der Waals surface area contributed by atoms with Crippen molar-refractivity contribution in [2.75, 3.05) is 12.4 Å². The Morgan fingerprint density at radius 3 is 2.38 bits per heavy atom. The van der Waals surface area contributed by atoms with Gasteiger partial charge < -0.3 is 9.84 Å². The molecule has 0 amide bonds. The Kier molecular flexibility index (Phi) is 7.81. The fourth-order valence-corrected chi connectivity index (χ4v) is 4.63. The first-order valence-electron chi connectivity index (χ1n) is 10.8. The lowest BCUT2D eigenvalue weighted by Crippen LogP contribution is -2.30. The maximum absolute atomic E-state index is 14.5. The minimum Gasteiger partial charge on any atom is -0.394 e. The quantitative estimate of drug-likeness (QED) is 0.317. The molecule has 2 N–H and O–H groups in total.